The lowest BCUT2D eigenvalue weighted by Crippen LogP contribution is -2.40. The molecule has 1 unspecified atom stereocenters. The molecule has 1 heterocycles. The maximum atomic E-state index is 12.0. The van der Waals surface area contributed by atoms with E-state index in [1.807, 2.05) is 12.1 Å². The fourth-order valence-electron chi connectivity index (χ4n) is 4.54. The zero-order chi connectivity index (χ0) is 21.2. The molecule has 1 aliphatic carbocycles. The molecule has 1 aromatic rings. The van der Waals surface area contributed by atoms with Crippen molar-refractivity contribution in [1.29, 1.82) is 0 Å². The van der Waals surface area contributed by atoms with E-state index in [9.17, 15) is 8.42 Å². The van der Waals surface area contributed by atoms with Crippen LogP contribution in [-0.2, 0) is 10.0 Å². The van der Waals surface area contributed by atoms with Gasteiger partial charge in [-0.15, -0.1) is 0 Å². The summed E-state index contributed by atoms with van der Waals surface area (Å²) >= 11 is 6.31. The normalized spacial score (nSPS) is 26.5. The Morgan fingerprint density at radius 3 is 2.55 bits per heavy atom. The molecule has 0 saturated carbocycles. The van der Waals surface area contributed by atoms with E-state index >= 15 is 0 Å². The van der Waals surface area contributed by atoms with E-state index < -0.39 is 10.0 Å². The van der Waals surface area contributed by atoms with Gasteiger partial charge in [0.05, 0.1) is 12.0 Å². The summed E-state index contributed by atoms with van der Waals surface area (Å²) in [5.74, 6) is 0.380. The van der Waals surface area contributed by atoms with Crippen molar-refractivity contribution in [2.75, 3.05) is 19.3 Å². The number of nitrogens with zero attached hydrogens (tertiary/aromatic N) is 2. The van der Waals surface area contributed by atoms with Crippen LogP contribution < -0.4 is 0 Å². The summed E-state index contributed by atoms with van der Waals surface area (Å²) in [5.41, 5.74) is 5.82. The Hall–Kier alpha value is -1.69. The largest absolute Gasteiger partial charge is 0.261 e. The minimum Gasteiger partial charge on any atom is -0.261 e. The van der Waals surface area contributed by atoms with Crippen LogP contribution in [0.3, 0.4) is 0 Å². The van der Waals surface area contributed by atoms with E-state index in [0.29, 0.717) is 24.0 Å². The van der Waals surface area contributed by atoms with Crippen LogP contribution in [-0.4, -0.2) is 37.8 Å². The molecule has 1 fully saturated rings. The molecule has 0 aromatic heterocycles. The van der Waals surface area contributed by atoms with Crippen molar-refractivity contribution in [3.8, 4) is 0 Å². The van der Waals surface area contributed by atoms with Crippen LogP contribution in [0.4, 0.5) is 0 Å². The van der Waals surface area contributed by atoms with Gasteiger partial charge in [0.2, 0.25) is 10.0 Å². The Morgan fingerprint density at radius 2 is 1.97 bits per heavy atom. The van der Waals surface area contributed by atoms with Gasteiger partial charge in [0, 0.05) is 30.2 Å². The first kappa shape index (κ1) is 22.0. The molecule has 0 N–H and O–H groups in total. The van der Waals surface area contributed by atoms with Crippen molar-refractivity contribution < 1.29 is 8.42 Å². The molecule has 0 amide bonds. The quantitative estimate of drug-likeness (QED) is 0.639. The topological polar surface area (TPSA) is 49.7 Å². The predicted octanol–water partition coefficient (Wildman–Crippen LogP) is 5.43. The molecule has 3 rings (SSSR count). The van der Waals surface area contributed by atoms with E-state index in [4.69, 9.17) is 16.6 Å². The standard InChI is InChI=1S/C23H29ClN2O2S/c1-5-17-13-16(3)14-19-15-20(24)7-8-21(19)22(23(17)25-6-2)18-9-11-26(12-10-18)29(4,27)28/h5-8,14-15,18,22H,2,9-13H2,1,3-4H3/b16-14-,17-5-,25-23?. The molecule has 156 valence electrons. The highest BCUT2D eigenvalue weighted by Gasteiger charge is 2.35. The van der Waals surface area contributed by atoms with Crippen molar-refractivity contribution in [3.63, 3.8) is 0 Å². The number of allylic oxidation sites excluding steroid dienone is 3. The van der Waals surface area contributed by atoms with E-state index in [-0.39, 0.29) is 5.92 Å². The van der Waals surface area contributed by atoms with Crippen LogP contribution in [0.25, 0.3) is 6.08 Å². The van der Waals surface area contributed by atoms with Gasteiger partial charge < -0.3 is 0 Å². The second-order valence-electron chi connectivity index (χ2n) is 7.93. The first-order valence-electron chi connectivity index (χ1n) is 10.0. The third-order valence-corrected chi connectivity index (χ3v) is 7.43. The Labute approximate surface area is 179 Å². The molecular weight excluding hydrogens is 404 g/mol. The molecular formula is C23H29ClN2O2S. The predicted molar refractivity (Wildman–Crippen MR) is 123 cm³/mol. The first-order valence-corrected chi connectivity index (χ1v) is 12.2. The van der Waals surface area contributed by atoms with Crippen LogP contribution in [0.15, 0.2) is 53.2 Å². The Bertz CT molecular complexity index is 984. The summed E-state index contributed by atoms with van der Waals surface area (Å²) in [7, 11) is -3.16. The Balaban J connectivity index is 2.11. The second kappa shape index (κ2) is 8.99. The first-order chi connectivity index (χ1) is 13.7. The number of benzene rings is 1. The Morgan fingerprint density at radius 1 is 1.28 bits per heavy atom. The summed E-state index contributed by atoms with van der Waals surface area (Å²) in [6, 6.07) is 6.06. The zero-order valence-electron chi connectivity index (χ0n) is 17.4. The average molecular weight is 433 g/mol. The lowest BCUT2D eigenvalue weighted by Gasteiger charge is -2.37. The van der Waals surface area contributed by atoms with Gasteiger partial charge in [-0.1, -0.05) is 42.0 Å². The highest BCUT2D eigenvalue weighted by Crippen LogP contribution is 2.41. The SMILES string of the molecule is C=CN=C1/C(=C\C)C/C(C)=C\c2cc(Cl)ccc2C1C1CCN(S(C)(=O)=O)CC1. The van der Waals surface area contributed by atoms with Gasteiger partial charge in [-0.2, -0.15) is 0 Å². The molecule has 1 aromatic carbocycles. The Kier molecular flexibility index (Phi) is 6.82. The fourth-order valence-corrected chi connectivity index (χ4v) is 5.59. The van der Waals surface area contributed by atoms with Crippen LogP contribution in [0, 0.1) is 5.92 Å². The molecule has 1 aliphatic heterocycles. The molecule has 4 nitrogen and oxygen atoms in total. The van der Waals surface area contributed by atoms with Crippen LogP contribution in [0.2, 0.25) is 5.02 Å². The van der Waals surface area contributed by atoms with Gasteiger partial charge in [-0.05, 0) is 67.9 Å². The number of sulfonamides is 1. The van der Waals surface area contributed by atoms with E-state index in [2.05, 4.69) is 38.6 Å². The number of piperidine rings is 1. The molecule has 6 heteroatoms. The third kappa shape index (κ3) is 4.90. The van der Waals surface area contributed by atoms with Crippen LogP contribution in [0.5, 0.6) is 0 Å². The van der Waals surface area contributed by atoms with Crippen molar-refractivity contribution in [2.24, 2.45) is 10.9 Å². The summed E-state index contributed by atoms with van der Waals surface area (Å²) in [4.78, 5) is 4.74. The zero-order valence-corrected chi connectivity index (χ0v) is 18.9. The van der Waals surface area contributed by atoms with E-state index in [0.717, 1.165) is 30.5 Å². The van der Waals surface area contributed by atoms with Crippen molar-refractivity contribution in [1.82, 2.24) is 4.31 Å². The summed E-state index contributed by atoms with van der Waals surface area (Å²) in [6.07, 6.45) is 9.69. The maximum Gasteiger partial charge on any atom is 0.211 e. The van der Waals surface area contributed by atoms with E-state index in [1.54, 1.807) is 10.5 Å². The van der Waals surface area contributed by atoms with Crippen molar-refractivity contribution in [2.45, 2.75) is 39.0 Å². The monoisotopic (exact) mass is 432 g/mol. The molecule has 0 bridgehead atoms. The van der Waals surface area contributed by atoms with Gasteiger partial charge in [-0.3, -0.25) is 4.99 Å². The highest BCUT2D eigenvalue weighted by molar-refractivity contribution is 7.88. The smallest absolute Gasteiger partial charge is 0.211 e. The van der Waals surface area contributed by atoms with Crippen LogP contribution in [0.1, 0.15) is 50.2 Å². The van der Waals surface area contributed by atoms with Gasteiger partial charge in [0.1, 0.15) is 0 Å². The summed E-state index contributed by atoms with van der Waals surface area (Å²) < 4.78 is 25.5. The lowest BCUT2D eigenvalue weighted by atomic mass is 9.72. The van der Waals surface area contributed by atoms with Crippen LogP contribution >= 0.6 is 11.6 Å². The minimum absolute atomic E-state index is 0.0810. The number of halogens is 1. The maximum absolute atomic E-state index is 12.0. The number of aliphatic imine (C=N–C) groups is 1. The number of hydrogen-bond acceptors (Lipinski definition) is 3. The van der Waals surface area contributed by atoms with Crippen molar-refractivity contribution >= 4 is 33.4 Å². The molecule has 1 atom stereocenters. The summed E-state index contributed by atoms with van der Waals surface area (Å²) in [5, 5.41) is 0.715. The molecule has 1 saturated heterocycles. The number of hydrogen-bond donors (Lipinski definition) is 0. The van der Waals surface area contributed by atoms with Gasteiger partial charge >= 0.3 is 0 Å². The minimum atomic E-state index is -3.16. The molecule has 0 spiro atoms. The van der Waals surface area contributed by atoms with E-state index in [1.165, 1.54) is 23.0 Å². The lowest BCUT2D eigenvalue weighted by molar-refractivity contribution is 0.265. The third-order valence-electron chi connectivity index (χ3n) is 5.90. The average Bonchev–Trinajstić information content (AvgIpc) is 2.66. The van der Waals surface area contributed by atoms with Gasteiger partial charge in [0.15, 0.2) is 0 Å². The molecule has 29 heavy (non-hydrogen) atoms. The second-order valence-corrected chi connectivity index (χ2v) is 10.3. The highest BCUT2D eigenvalue weighted by atomic mass is 35.5. The van der Waals surface area contributed by atoms with Crippen molar-refractivity contribution in [3.05, 3.63) is 64.3 Å². The summed E-state index contributed by atoms with van der Waals surface area (Å²) in [6.45, 7) is 9.12. The number of rotatable bonds is 3. The fraction of sp³-hybridized carbons (Fsp3) is 0.435. The molecule has 0 radical (unpaired) electrons. The number of fused-ring (bicyclic) bond motifs is 1. The van der Waals surface area contributed by atoms with Gasteiger partial charge in [-0.25, -0.2) is 12.7 Å². The molecule has 2 aliphatic rings. The van der Waals surface area contributed by atoms with Gasteiger partial charge in [0.25, 0.3) is 0 Å².